The Morgan fingerprint density at radius 3 is 2.07 bits per heavy atom. The van der Waals surface area contributed by atoms with Crippen LogP contribution < -0.4 is 5.56 Å². The van der Waals surface area contributed by atoms with Gasteiger partial charge in [0.1, 0.15) is 18.3 Å². The topological polar surface area (TPSA) is 119 Å². The molecule has 0 N–H and O–H groups in total. The second-order valence-corrected chi connectivity index (χ2v) is 12.9. The number of aromatic nitrogens is 1. The van der Waals surface area contributed by atoms with Crippen LogP contribution in [0, 0.1) is 13.8 Å². The van der Waals surface area contributed by atoms with Gasteiger partial charge in [0.2, 0.25) is 0 Å². The van der Waals surface area contributed by atoms with Crippen molar-refractivity contribution in [1.29, 1.82) is 0 Å². The van der Waals surface area contributed by atoms with Crippen molar-refractivity contribution in [1.82, 2.24) is 4.57 Å². The molecule has 1 aliphatic heterocycles. The van der Waals surface area contributed by atoms with Gasteiger partial charge in [0.15, 0.2) is 12.3 Å². The highest BCUT2D eigenvalue weighted by Crippen LogP contribution is 2.42. The minimum absolute atomic E-state index is 0.0406. The molecule has 11 heteroatoms. The highest BCUT2D eigenvalue weighted by Gasteiger charge is 2.60. The van der Waals surface area contributed by atoms with Gasteiger partial charge in [0.25, 0.3) is 15.7 Å². The summed E-state index contributed by atoms with van der Waals surface area (Å²) in [5.41, 5.74) is 1.25. The molecule has 5 rings (SSSR count). The first-order valence-corrected chi connectivity index (χ1v) is 16.2. The van der Waals surface area contributed by atoms with E-state index < -0.39 is 52.3 Å². The van der Waals surface area contributed by atoms with Crippen LogP contribution in [0.3, 0.4) is 0 Å². The number of hydrogen-bond donors (Lipinski definition) is 0. The summed E-state index contributed by atoms with van der Waals surface area (Å²) in [6.07, 6.45) is -1.91. The van der Waals surface area contributed by atoms with Gasteiger partial charge in [-0.15, -0.1) is 0 Å². The van der Waals surface area contributed by atoms with Gasteiger partial charge in [-0.1, -0.05) is 84.4 Å². The molecular formula is C35H37NO9S. The summed E-state index contributed by atoms with van der Waals surface area (Å²) in [5, 5.41) is 0. The van der Waals surface area contributed by atoms with Crippen LogP contribution in [-0.2, 0) is 51.3 Å². The summed E-state index contributed by atoms with van der Waals surface area (Å²) in [5.74, 6) is -0.637. The second-order valence-electron chi connectivity index (χ2n) is 11.3. The number of nitrogens with zero attached hydrogens (tertiary/aromatic N) is 1. The standard InChI is InChI=1S/C35H37NO9S/c1-25-14-17-30(18-15-25)46(39,40)43-24-35(23-41-21-28-10-6-4-7-11-28)33(42-22-29-12-8-5-9-13-29)32(44-27(3)37)34(45-35)36-20-26(2)16-19-31(36)38/h4-20,32-34H,21-24H2,1-3H3/t32-,33+,34-,35+/m1/s1. The fourth-order valence-corrected chi connectivity index (χ4v) is 6.27. The Morgan fingerprint density at radius 2 is 1.43 bits per heavy atom. The summed E-state index contributed by atoms with van der Waals surface area (Å²) < 4.78 is 58.9. The van der Waals surface area contributed by atoms with Crippen molar-refractivity contribution in [2.45, 2.75) is 62.9 Å². The summed E-state index contributed by atoms with van der Waals surface area (Å²) in [7, 11) is -4.28. The number of aryl methyl sites for hydroxylation is 2. The zero-order valence-electron chi connectivity index (χ0n) is 25.9. The number of carbonyl (C=O) groups excluding carboxylic acids is 1. The quantitative estimate of drug-likeness (QED) is 0.148. The molecule has 2 heterocycles. The van der Waals surface area contributed by atoms with Crippen molar-refractivity contribution in [3.05, 3.63) is 136 Å². The van der Waals surface area contributed by atoms with Gasteiger partial charge in [-0.3, -0.25) is 18.3 Å². The molecule has 0 aliphatic carbocycles. The smallest absolute Gasteiger partial charge is 0.303 e. The van der Waals surface area contributed by atoms with E-state index in [4.69, 9.17) is 23.1 Å². The summed E-state index contributed by atoms with van der Waals surface area (Å²) in [6.45, 7) is 4.34. The SMILES string of the molecule is CC(=O)O[C@H]1[C@H](n2cc(C)ccc2=O)O[C@@](COCc2ccccc2)(COS(=O)(=O)c2ccc(C)cc2)[C@H]1OCc1ccccc1. The molecule has 0 bridgehead atoms. The first-order valence-electron chi connectivity index (χ1n) is 14.8. The fraction of sp³-hybridized carbons (Fsp3) is 0.314. The largest absolute Gasteiger partial charge is 0.455 e. The van der Waals surface area contributed by atoms with Crippen molar-refractivity contribution in [2.24, 2.45) is 0 Å². The minimum atomic E-state index is -4.28. The summed E-state index contributed by atoms with van der Waals surface area (Å²) >= 11 is 0. The highest BCUT2D eigenvalue weighted by molar-refractivity contribution is 7.86. The molecule has 3 aromatic carbocycles. The van der Waals surface area contributed by atoms with E-state index in [1.165, 1.54) is 29.7 Å². The second kappa shape index (κ2) is 14.5. The Bertz CT molecular complexity index is 1780. The average molecular weight is 648 g/mol. The van der Waals surface area contributed by atoms with E-state index in [0.717, 1.165) is 22.3 Å². The molecule has 4 atom stereocenters. The van der Waals surface area contributed by atoms with Crippen LogP contribution in [0.2, 0.25) is 0 Å². The number of hydrogen-bond acceptors (Lipinski definition) is 9. The third kappa shape index (κ3) is 7.98. The van der Waals surface area contributed by atoms with Gasteiger partial charge in [0, 0.05) is 19.2 Å². The first-order chi connectivity index (χ1) is 22.1. The van der Waals surface area contributed by atoms with Crippen molar-refractivity contribution < 1.29 is 36.3 Å². The van der Waals surface area contributed by atoms with Crippen LogP contribution in [0.15, 0.2) is 113 Å². The molecule has 1 aromatic heterocycles. The number of carbonyl (C=O) groups is 1. The molecule has 1 fully saturated rings. The zero-order chi connectivity index (χ0) is 32.7. The van der Waals surface area contributed by atoms with Gasteiger partial charge in [-0.25, -0.2) is 0 Å². The maximum atomic E-state index is 13.4. The molecule has 0 unspecified atom stereocenters. The lowest BCUT2D eigenvalue weighted by molar-refractivity contribution is -0.171. The molecule has 242 valence electrons. The monoisotopic (exact) mass is 647 g/mol. The normalized spacial score (nSPS) is 21.2. The lowest BCUT2D eigenvalue weighted by Crippen LogP contribution is -2.53. The third-order valence-corrected chi connectivity index (χ3v) is 8.89. The van der Waals surface area contributed by atoms with Gasteiger partial charge >= 0.3 is 5.97 Å². The number of pyridine rings is 1. The van der Waals surface area contributed by atoms with Crippen LogP contribution >= 0.6 is 0 Å². The zero-order valence-corrected chi connectivity index (χ0v) is 26.7. The first kappa shape index (κ1) is 33.2. The van der Waals surface area contributed by atoms with Gasteiger partial charge in [-0.2, -0.15) is 8.42 Å². The van der Waals surface area contributed by atoms with Gasteiger partial charge in [0.05, 0.1) is 24.7 Å². The molecule has 10 nitrogen and oxygen atoms in total. The van der Waals surface area contributed by atoms with Gasteiger partial charge in [-0.05, 0) is 42.7 Å². The Labute approximate surface area is 268 Å². The molecule has 0 amide bonds. The predicted octanol–water partition coefficient (Wildman–Crippen LogP) is 4.87. The molecule has 46 heavy (non-hydrogen) atoms. The van der Waals surface area contributed by atoms with Crippen molar-refractivity contribution in [3.63, 3.8) is 0 Å². The summed E-state index contributed by atoms with van der Waals surface area (Å²) in [4.78, 5) is 25.6. The molecule has 0 saturated carbocycles. The number of rotatable bonds is 13. The predicted molar refractivity (Wildman–Crippen MR) is 169 cm³/mol. The van der Waals surface area contributed by atoms with E-state index in [0.29, 0.717) is 0 Å². The number of esters is 1. The Morgan fingerprint density at radius 1 is 0.826 bits per heavy atom. The lowest BCUT2D eigenvalue weighted by atomic mass is 9.96. The number of ether oxygens (including phenoxy) is 4. The highest BCUT2D eigenvalue weighted by atomic mass is 32.2. The molecule has 0 radical (unpaired) electrons. The molecular weight excluding hydrogens is 610 g/mol. The van der Waals surface area contributed by atoms with Crippen molar-refractivity contribution >= 4 is 16.1 Å². The summed E-state index contributed by atoms with van der Waals surface area (Å²) in [6, 6.07) is 28.0. The van der Waals surface area contributed by atoms with Crippen LogP contribution in [0.5, 0.6) is 0 Å². The maximum Gasteiger partial charge on any atom is 0.303 e. The van der Waals surface area contributed by atoms with E-state index in [1.54, 1.807) is 24.4 Å². The molecule has 1 saturated heterocycles. The average Bonchev–Trinajstić information content (AvgIpc) is 3.33. The minimum Gasteiger partial charge on any atom is -0.455 e. The third-order valence-electron chi connectivity index (χ3n) is 7.61. The van der Waals surface area contributed by atoms with Crippen LogP contribution in [-0.4, -0.2) is 50.0 Å². The Kier molecular flexibility index (Phi) is 10.5. The molecule has 4 aromatic rings. The number of benzene rings is 3. The van der Waals surface area contributed by atoms with Crippen LogP contribution in [0.25, 0.3) is 0 Å². The molecule has 0 spiro atoms. The molecule has 1 aliphatic rings. The van der Waals surface area contributed by atoms with Gasteiger partial charge < -0.3 is 18.9 Å². The maximum absolute atomic E-state index is 13.4. The van der Waals surface area contributed by atoms with E-state index in [-0.39, 0.29) is 24.7 Å². The van der Waals surface area contributed by atoms with E-state index in [1.807, 2.05) is 74.5 Å². The van der Waals surface area contributed by atoms with Crippen LogP contribution in [0.4, 0.5) is 0 Å². The lowest BCUT2D eigenvalue weighted by Gasteiger charge is -2.34. The van der Waals surface area contributed by atoms with Crippen molar-refractivity contribution in [3.8, 4) is 0 Å². The van der Waals surface area contributed by atoms with Crippen molar-refractivity contribution in [2.75, 3.05) is 13.2 Å². The Balaban J connectivity index is 1.57. The van der Waals surface area contributed by atoms with E-state index in [2.05, 4.69) is 0 Å². The Hall–Kier alpha value is -4.13. The van der Waals surface area contributed by atoms with E-state index >= 15 is 0 Å². The van der Waals surface area contributed by atoms with Crippen LogP contribution in [0.1, 0.15) is 35.4 Å². The fourth-order valence-electron chi connectivity index (χ4n) is 5.31. The van der Waals surface area contributed by atoms with E-state index in [9.17, 15) is 18.0 Å².